The van der Waals surface area contributed by atoms with Gasteiger partial charge in [0.05, 0.1) is 6.10 Å². The molecule has 2 fully saturated rings. The summed E-state index contributed by atoms with van der Waals surface area (Å²) in [5.41, 5.74) is 0. The second-order valence-electron chi connectivity index (χ2n) is 5.46. The fourth-order valence-corrected chi connectivity index (χ4v) is 2.79. The molecule has 0 aromatic carbocycles. The number of nitrogens with zero attached hydrogens (tertiary/aromatic N) is 1. The van der Waals surface area contributed by atoms with Gasteiger partial charge in [-0.1, -0.05) is 6.92 Å². The normalized spacial score (nSPS) is 28.2. The summed E-state index contributed by atoms with van der Waals surface area (Å²) in [6, 6.07) is 1.54. The summed E-state index contributed by atoms with van der Waals surface area (Å²) in [6.07, 6.45) is 7.04. The molecule has 0 amide bonds. The van der Waals surface area contributed by atoms with Crippen LogP contribution in [0.4, 0.5) is 0 Å². The van der Waals surface area contributed by atoms with Crippen molar-refractivity contribution in [3.8, 4) is 0 Å². The average molecular weight is 240 g/mol. The summed E-state index contributed by atoms with van der Waals surface area (Å²) in [5, 5.41) is 3.67. The SMILES string of the molecule is CCOC1CCCN(C(CC)CNC2CC2)C1. The highest BCUT2D eigenvalue weighted by Crippen LogP contribution is 2.20. The summed E-state index contributed by atoms with van der Waals surface area (Å²) in [4.78, 5) is 2.64. The highest BCUT2D eigenvalue weighted by Gasteiger charge is 2.27. The van der Waals surface area contributed by atoms with Gasteiger partial charge in [-0.3, -0.25) is 4.90 Å². The van der Waals surface area contributed by atoms with Crippen molar-refractivity contribution in [3.05, 3.63) is 0 Å². The Morgan fingerprint density at radius 3 is 2.76 bits per heavy atom. The number of rotatable bonds is 7. The Kier molecular flexibility index (Phi) is 5.26. The number of nitrogens with one attached hydrogen (secondary N) is 1. The van der Waals surface area contributed by atoms with E-state index in [0.29, 0.717) is 12.1 Å². The van der Waals surface area contributed by atoms with Gasteiger partial charge >= 0.3 is 0 Å². The van der Waals surface area contributed by atoms with Crippen LogP contribution in [0.25, 0.3) is 0 Å². The largest absolute Gasteiger partial charge is 0.377 e. The van der Waals surface area contributed by atoms with Gasteiger partial charge in [-0.2, -0.15) is 0 Å². The van der Waals surface area contributed by atoms with E-state index in [1.54, 1.807) is 0 Å². The van der Waals surface area contributed by atoms with Gasteiger partial charge in [-0.05, 0) is 45.6 Å². The number of piperidine rings is 1. The zero-order chi connectivity index (χ0) is 12.1. The minimum absolute atomic E-state index is 0.476. The van der Waals surface area contributed by atoms with Gasteiger partial charge in [0.15, 0.2) is 0 Å². The third kappa shape index (κ3) is 4.23. The highest BCUT2D eigenvalue weighted by atomic mass is 16.5. The molecule has 2 rings (SSSR count). The molecule has 0 spiro atoms. The third-order valence-electron chi connectivity index (χ3n) is 4.02. The van der Waals surface area contributed by atoms with Crippen LogP contribution in [0.1, 0.15) is 46.0 Å². The quantitative estimate of drug-likeness (QED) is 0.737. The lowest BCUT2D eigenvalue weighted by Gasteiger charge is -2.38. The van der Waals surface area contributed by atoms with Crippen LogP contribution in [0.15, 0.2) is 0 Å². The van der Waals surface area contributed by atoms with Gasteiger partial charge in [0.25, 0.3) is 0 Å². The molecule has 0 aromatic rings. The topological polar surface area (TPSA) is 24.5 Å². The molecular formula is C14H28N2O. The maximum atomic E-state index is 5.78. The van der Waals surface area contributed by atoms with E-state index in [4.69, 9.17) is 4.74 Å². The first kappa shape index (κ1) is 13.3. The van der Waals surface area contributed by atoms with Crippen molar-refractivity contribution in [1.82, 2.24) is 10.2 Å². The Morgan fingerprint density at radius 2 is 2.12 bits per heavy atom. The summed E-state index contributed by atoms with van der Waals surface area (Å²) >= 11 is 0. The van der Waals surface area contributed by atoms with Crippen LogP contribution < -0.4 is 5.32 Å². The van der Waals surface area contributed by atoms with Gasteiger partial charge in [0, 0.05) is 31.8 Å². The molecule has 1 saturated carbocycles. The van der Waals surface area contributed by atoms with E-state index < -0.39 is 0 Å². The summed E-state index contributed by atoms with van der Waals surface area (Å²) in [5.74, 6) is 0. The molecule has 0 radical (unpaired) electrons. The smallest absolute Gasteiger partial charge is 0.0702 e. The van der Waals surface area contributed by atoms with E-state index in [2.05, 4.69) is 24.1 Å². The first-order valence-electron chi connectivity index (χ1n) is 7.42. The maximum Gasteiger partial charge on any atom is 0.0702 e. The predicted molar refractivity (Wildman–Crippen MR) is 71.3 cm³/mol. The monoisotopic (exact) mass is 240 g/mol. The van der Waals surface area contributed by atoms with Crippen molar-refractivity contribution in [3.63, 3.8) is 0 Å². The predicted octanol–water partition coefficient (Wildman–Crippen LogP) is 2.02. The Labute approximate surface area is 106 Å². The van der Waals surface area contributed by atoms with E-state index in [9.17, 15) is 0 Å². The lowest BCUT2D eigenvalue weighted by molar-refractivity contribution is -0.00773. The van der Waals surface area contributed by atoms with E-state index in [1.807, 2.05) is 0 Å². The second-order valence-corrected chi connectivity index (χ2v) is 5.46. The number of hydrogen-bond donors (Lipinski definition) is 1. The number of likely N-dealkylation sites (tertiary alicyclic amines) is 1. The van der Waals surface area contributed by atoms with Gasteiger partial charge in [0.1, 0.15) is 0 Å². The lowest BCUT2D eigenvalue weighted by atomic mass is 10.0. The molecule has 2 aliphatic rings. The van der Waals surface area contributed by atoms with E-state index in [0.717, 1.165) is 19.2 Å². The van der Waals surface area contributed by atoms with Crippen molar-refractivity contribution < 1.29 is 4.74 Å². The third-order valence-corrected chi connectivity index (χ3v) is 4.02. The Morgan fingerprint density at radius 1 is 1.29 bits per heavy atom. The molecule has 1 N–H and O–H groups in total. The molecule has 17 heavy (non-hydrogen) atoms. The van der Waals surface area contributed by atoms with Crippen LogP contribution in [0.2, 0.25) is 0 Å². The van der Waals surface area contributed by atoms with Crippen LogP contribution in [-0.2, 0) is 4.74 Å². The van der Waals surface area contributed by atoms with Crippen molar-refractivity contribution in [2.45, 2.75) is 64.1 Å². The molecule has 1 heterocycles. The molecule has 0 aromatic heterocycles. The fourth-order valence-electron chi connectivity index (χ4n) is 2.79. The van der Waals surface area contributed by atoms with Crippen LogP contribution in [0.5, 0.6) is 0 Å². The van der Waals surface area contributed by atoms with Crippen molar-refractivity contribution >= 4 is 0 Å². The summed E-state index contributed by atoms with van der Waals surface area (Å²) in [6.45, 7) is 8.83. The summed E-state index contributed by atoms with van der Waals surface area (Å²) < 4.78 is 5.78. The van der Waals surface area contributed by atoms with Crippen LogP contribution in [0.3, 0.4) is 0 Å². The van der Waals surface area contributed by atoms with Crippen LogP contribution in [-0.4, -0.2) is 49.3 Å². The van der Waals surface area contributed by atoms with Gasteiger partial charge in [-0.15, -0.1) is 0 Å². The van der Waals surface area contributed by atoms with Crippen molar-refractivity contribution in [2.24, 2.45) is 0 Å². The van der Waals surface area contributed by atoms with E-state index in [-0.39, 0.29) is 0 Å². The standard InChI is InChI=1S/C14H28N2O/c1-3-13(10-15-12-7-8-12)16-9-5-6-14(11-16)17-4-2/h12-15H,3-11H2,1-2H3. The van der Waals surface area contributed by atoms with Crippen LogP contribution >= 0.6 is 0 Å². The maximum absolute atomic E-state index is 5.78. The van der Waals surface area contributed by atoms with Crippen LogP contribution in [0, 0.1) is 0 Å². The molecule has 2 unspecified atom stereocenters. The number of ether oxygens (including phenoxy) is 1. The molecule has 3 nitrogen and oxygen atoms in total. The average Bonchev–Trinajstić information content (AvgIpc) is 3.15. The lowest BCUT2D eigenvalue weighted by Crippen LogP contribution is -2.49. The number of hydrogen-bond acceptors (Lipinski definition) is 3. The van der Waals surface area contributed by atoms with Gasteiger partial charge < -0.3 is 10.1 Å². The molecule has 1 saturated heterocycles. The molecular weight excluding hydrogens is 212 g/mol. The van der Waals surface area contributed by atoms with E-state index in [1.165, 1.54) is 45.2 Å². The Bertz CT molecular complexity index is 216. The zero-order valence-electron chi connectivity index (χ0n) is 11.5. The Hall–Kier alpha value is -0.120. The second kappa shape index (κ2) is 6.72. The fraction of sp³-hybridized carbons (Fsp3) is 1.00. The summed E-state index contributed by atoms with van der Waals surface area (Å²) in [7, 11) is 0. The highest BCUT2D eigenvalue weighted by molar-refractivity contribution is 4.85. The molecule has 3 heteroatoms. The van der Waals surface area contributed by atoms with E-state index >= 15 is 0 Å². The molecule has 2 atom stereocenters. The Balaban J connectivity index is 1.75. The molecule has 100 valence electrons. The first-order valence-corrected chi connectivity index (χ1v) is 7.42. The first-order chi connectivity index (χ1) is 8.33. The molecule has 1 aliphatic heterocycles. The molecule has 0 bridgehead atoms. The van der Waals surface area contributed by atoms with Gasteiger partial charge in [0.2, 0.25) is 0 Å². The minimum atomic E-state index is 0.476. The van der Waals surface area contributed by atoms with Crippen molar-refractivity contribution in [2.75, 3.05) is 26.2 Å². The zero-order valence-corrected chi connectivity index (χ0v) is 11.5. The molecule has 1 aliphatic carbocycles. The van der Waals surface area contributed by atoms with Crippen molar-refractivity contribution in [1.29, 1.82) is 0 Å². The van der Waals surface area contributed by atoms with Gasteiger partial charge in [-0.25, -0.2) is 0 Å². The minimum Gasteiger partial charge on any atom is -0.377 e.